The second kappa shape index (κ2) is 7.88. The van der Waals surface area contributed by atoms with Gasteiger partial charge in [-0.2, -0.15) is 0 Å². The van der Waals surface area contributed by atoms with E-state index < -0.39 is 0 Å². The van der Waals surface area contributed by atoms with Gasteiger partial charge in [0.25, 0.3) is 0 Å². The Labute approximate surface area is 121 Å². The molecule has 0 aliphatic carbocycles. The van der Waals surface area contributed by atoms with Crippen molar-refractivity contribution in [2.75, 3.05) is 0 Å². The van der Waals surface area contributed by atoms with Gasteiger partial charge in [0.15, 0.2) is 0 Å². The van der Waals surface area contributed by atoms with Crippen LogP contribution in [0.4, 0.5) is 0 Å². The molecule has 0 aliphatic heterocycles. The maximum Gasteiger partial charge on any atom is 0.0699 e. The Balaban J connectivity index is 1.81. The van der Waals surface area contributed by atoms with Crippen LogP contribution in [0.1, 0.15) is 57.6 Å². The third-order valence-electron chi connectivity index (χ3n) is 3.77. The Kier molecular flexibility index (Phi) is 5.85. The molecule has 20 heavy (non-hydrogen) atoms. The molecule has 1 heterocycles. The van der Waals surface area contributed by atoms with Gasteiger partial charge in [-0.1, -0.05) is 69.4 Å². The van der Waals surface area contributed by atoms with Crippen molar-refractivity contribution in [1.82, 2.24) is 4.98 Å². The topological polar surface area (TPSA) is 36.0 Å². The van der Waals surface area contributed by atoms with E-state index >= 15 is 0 Å². The van der Waals surface area contributed by atoms with E-state index in [1.807, 2.05) is 24.3 Å². The van der Waals surface area contributed by atoms with E-state index in [-0.39, 0.29) is 5.75 Å². The number of hydrogen-bond acceptors (Lipinski definition) is 2. The molecule has 0 saturated carbocycles. The van der Waals surface area contributed by atoms with Crippen molar-refractivity contribution in [1.29, 1.82) is 0 Å². The van der Waals surface area contributed by atoms with Gasteiger partial charge in [0.1, 0.15) is 0 Å². The van der Waals surface area contributed by atoms with Gasteiger partial charge in [0.05, 0.1) is 5.52 Å². The summed E-state index contributed by atoms with van der Waals surface area (Å²) in [5.74, 6) is 0.105. The minimum atomic E-state index is 0.105. The van der Waals surface area contributed by atoms with E-state index in [1.165, 1.54) is 38.5 Å². The zero-order chi connectivity index (χ0) is 14.2. The fraction of sp³-hybridized carbons (Fsp3) is 0.500. The third kappa shape index (κ3) is 4.22. The number of para-hydroxylation sites is 1. The Hall–Kier alpha value is -1.57. The first kappa shape index (κ1) is 14.8. The number of rotatable bonds is 8. The quantitative estimate of drug-likeness (QED) is 0.657. The molecule has 108 valence electrons. The van der Waals surface area contributed by atoms with Crippen LogP contribution in [0.15, 0.2) is 30.3 Å². The molecule has 1 aromatic heterocycles. The van der Waals surface area contributed by atoms with Crippen LogP contribution in [-0.2, 0) is 6.42 Å². The predicted octanol–water partition coefficient (Wildman–Crippen LogP) is 4.60. The molecule has 0 atom stereocenters. The Morgan fingerprint density at radius 1 is 0.950 bits per heavy atom. The minimum Gasteiger partial charge on any atom is -0.872 e. The number of pyridine rings is 1. The molecular weight excluding hydrogens is 246 g/mol. The van der Waals surface area contributed by atoms with E-state index in [4.69, 9.17) is 0 Å². The number of unbranched alkanes of at least 4 members (excludes halogenated alkanes) is 6. The van der Waals surface area contributed by atoms with E-state index in [9.17, 15) is 5.11 Å². The van der Waals surface area contributed by atoms with Crippen LogP contribution in [-0.4, -0.2) is 4.98 Å². The van der Waals surface area contributed by atoms with E-state index in [2.05, 4.69) is 11.9 Å². The normalized spacial score (nSPS) is 11.1. The van der Waals surface area contributed by atoms with Gasteiger partial charge < -0.3 is 5.11 Å². The lowest BCUT2D eigenvalue weighted by Gasteiger charge is -2.12. The number of aryl methyl sites for hydroxylation is 1. The highest BCUT2D eigenvalue weighted by molar-refractivity contribution is 5.84. The van der Waals surface area contributed by atoms with Gasteiger partial charge >= 0.3 is 0 Å². The number of hydrogen-bond donors (Lipinski definition) is 0. The monoisotopic (exact) mass is 270 g/mol. The highest BCUT2D eigenvalue weighted by atomic mass is 16.3. The Morgan fingerprint density at radius 2 is 1.65 bits per heavy atom. The summed E-state index contributed by atoms with van der Waals surface area (Å²) in [6.07, 6.45) is 9.95. The van der Waals surface area contributed by atoms with Gasteiger partial charge in [-0.25, -0.2) is 0 Å². The molecule has 0 fully saturated rings. The van der Waals surface area contributed by atoms with Crippen molar-refractivity contribution in [3.8, 4) is 5.75 Å². The maximum absolute atomic E-state index is 12.0. The molecule has 2 nitrogen and oxygen atoms in total. The van der Waals surface area contributed by atoms with Crippen molar-refractivity contribution < 1.29 is 5.11 Å². The lowest BCUT2D eigenvalue weighted by Crippen LogP contribution is -1.97. The van der Waals surface area contributed by atoms with Gasteiger partial charge in [0.2, 0.25) is 0 Å². The summed E-state index contributed by atoms with van der Waals surface area (Å²) < 4.78 is 0. The standard InChI is InChI=1S/C18H25NO/c1-2-3-4-5-6-7-8-11-15-14-18(20)16-12-9-10-13-17(16)19-15/h9-10,12-14H,2-8,11H2,1H3,(H,19,20)/p-1. The van der Waals surface area contributed by atoms with E-state index in [0.717, 1.165) is 29.4 Å². The van der Waals surface area contributed by atoms with Crippen LogP contribution in [0.2, 0.25) is 0 Å². The largest absolute Gasteiger partial charge is 0.872 e. The number of benzene rings is 1. The van der Waals surface area contributed by atoms with Crippen molar-refractivity contribution in [3.05, 3.63) is 36.0 Å². The predicted molar refractivity (Wildman–Crippen MR) is 82.9 cm³/mol. The second-order valence-electron chi connectivity index (χ2n) is 5.50. The van der Waals surface area contributed by atoms with Crippen LogP contribution < -0.4 is 5.11 Å². The first-order chi connectivity index (χ1) is 9.81. The summed E-state index contributed by atoms with van der Waals surface area (Å²) in [5.41, 5.74) is 1.78. The maximum atomic E-state index is 12.0. The minimum absolute atomic E-state index is 0.105. The molecule has 0 bridgehead atoms. The van der Waals surface area contributed by atoms with Gasteiger partial charge in [-0.3, -0.25) is 4.98 Å². The lowest BCUT2D eigenvalue weighted by molar-refractivity contribution is -0.265. The molecule has 0 unspecified atom stereocenters. The molecule has 1 aromatic carbocycles. The molecule has 0 amide bonds. The number of nitrogens with zero attached hydrogens (tertiary/aromatic N) is 1. The van der Waals surface area contributed by atoms with E-state index in [1.54, 1.807) is 6.07 Å². The fourth-order valence-electron chi connectivity index (χ4n) is 2.59. The van der Waals surface area contributed by atoms with Crippen molar-refractivity contribution >= 4 is 10.9 Å². The summed E-state index contributed by atoms with van der Waals surface area (Å²) in [4.78, 5) is 4.58. The summed E-state index contributed by atoms with van der Waals surface area (Å²) in [6, 6.07) is 9.31. The van der Waals surface area contributed by atoms with Crippen molar-refractivity contribution in [3.63, 3.8) is 0 Å². The van der Waals surface area contributed by atoms with Gasteiger partial charge in [0, 0.05) is 5.69 Å². The highest BCUT2D eigenvalue weighted by Gasteiger charge is 2.00. The number of fused-ring (bicyclic) bond motifs is 1. The average Bonchev–Trinajstić information content (AvgIpc) is 2.46. The fourth-order valence-corrected chi connectivity index (χ4v) is 2.59. The summed E-state index contributed by atoms with van der Waals surface area (Å²) in [5, 5.41) is 12.7. The first-order valence-electron chi connectivity index (χ1n) is 7.87. The zero-order valence-corrected chi connectivity index (χ0v) is 12.4. The van der Waals surface area contributed by atoms with Gasteiger partial charge in [-0.15, -0.1) is 0 Å². The van der Waals surface area contributed by atoms with Crippen LogP contribution in [0.25, 0.3) is 10.9 Å². The Bertz CT molecular complexity index is 536. The molecular formula is C18H24NO-. The third-order valence-corrected chi connectivity index (χ3v) is 3.77. The second-order valence-corrected chi connectivity index (χ2v) is 5.50. The molecule has 0 saturated heterocycles. The summed E-state index contributed by atoms with van der Waals surface area (Å²) >= 11 is 0. The summed E-state index contributed by atoms with van der Waals surface area (Å²) in [7, 11) is 0. The van der Waals surface area contributed by atoms with Gasteiger partial charge in [-0.05, 0) is 30.4 Å². The average molecular weight is 270 g/mol. The van der Waals surface area contributed by atoms with Crippen LogP contribution >= 0.6 is 0 Å². The smallest absolute Gasteiger partial charge is 0.0699 e. The highest BCUT2D eigenvalue weighted by Crippen LogP contribution is 2.22. The molecule has 2 rings (SSSR count). The van der Waals surface area contributed by atoms with Crippen molar-refractivity contribution in [2.24, 2.45) is 0 Å². The van der Waals surface area contributed by atoms with Crippen molar-refractivity contribution in [2.45, 2.75) is 58.3 Å². The van der Waals surface area contributed by atoms with E-state index in [0.29, 0.717) is 0 Å². The van der Waals surface area contributed by atoms with Crippen LogP contribution in [0.3, 0.4) is 0 Å². The molecule has 0 radical (unpaired) electrons. The summed E-state index contributed by atoms with van der Waals surface area (Å²) in [6.45, 7) is 2.24. The number of aromatic nitrogens is 1. The van der Waals surface area contributed by atoms with Crippen LogP contribution in [0.5, 0.6) is 5.75 Å². The first-order valence-corrected chi connectivity index (χ1v) is 7.87. The SMILES string of the molecule is CCCCCCCCCc1cc([O-])c2ccccc2n1. The lowest BCUT2D eigenvalue weighted by atomic mass is 10.1. The zero-order valence-electron chi connectivity index (χ0n) is 12.4. The molecule has 2 heteroatoms. The molecule has 0 spiro atoms. The molecule has 2 aromatic rings. The molecule has 0 N–H and O–H groups in total. The Morgan fingerprint density at radius 3 is 2.45 bits per heavy atom. The van der Waals surface area contributed by atoms with Crippen LogP contribution in [0, 0.1) is 0 Å². The molecule has 0 aliphatic rings.